The van der Waals surface area contributed by atoms with Crippen LogP contribution in [0.2, 0.25) is 0 Å². The largest absolute Gasteiger partial charge is 0.296 e. The molecule has 0 amide bonds. The monoisotopic (exact) mass is 223 g/mol. The molecule has 2 heterocycles. The van der Waals surface area contributed by atoms with Gasteiger partial charge < -0.3 is 0 Å². The number of anilines is 1. The van der Waals surface area contributed by atoms with Crippen molar-refractivity contribution in [3.8, 4) is 0 Å². The van der Waals surface area contributed by atoms with Crippen LogP contribution in [0.3, 0.4) is 0 Å². The Kier molecular flexibility index (Phi) is 2.10. The zero-order chi connectivity index (χ0) is 12.1. The fraction of sp³-hybridized carbons (Fsp3) is 0.700. The number of rotatable bonds is 0. The third-order valence-electron chi connectivity index (χ3n) is 3.27. The summed E-state index contributed by atoms with van der Waals surface area (Å²) in [6.07, 6.45) is 0. The number of aryl methyl sites for hydroxylation is 1. The van der Waals surface area contributed by atoms with Crippen LogP contribution >= 0.6 is 0 Å². The van der Waals surface area contributed by atoms with E-state index in [0.717, 1.165) is 0 Å². The third-order valence-corrected chi connectivity index (χ3v) is 3.27. The molecule has 0 saturated heterocycles. The Morgan fingerprint density at radius 1 is 1.38 bits per heavy atom. The van der Waals surface area contributed by atoms with Crippen molar-refractivity contribution in [1.29, 1.82) is 0 Å². The second-order valence-corrected chi connectivity index (χ2v) is 5.31. The Bertz CT molecular complexity index is 487. The van der Waals surface area contributed by atoms with E-state index in [1.54, 1.807) is 11.6 Å². The SMILES string of the molecule is Cc1nn2c(nc1=O)NN[C@@]2(C)C(C)(C)C. The fourth-order valence-electron chi connectivity index (χ4n) is 1.59. The lowest BCUT2D eigenvalue weighted by molar-refractivity contribution is 0.0885. The predicted molar refractivity (Wildman–Crippen MR) is 60.9 cm³/mol. The molecule has 2 rings (SSSR count). The number of hydrogen-bond acceptors (Lipinski definition) is 5. The molecule has 16 heavy (non-hydrogen) atoms. The Morgan fingerprint density at radius 3 is 2.56 bits per heavy atom. The van der Waals surface area contributed by atoms with Gasteiger partial charge in [-0.15, -0.1) is 0 Å². The zero-order valence-electron chi connectivity index (χ0n) is 10.2. The molecule has 0 aromatic carbocycles. The number of nitrogens with one attached hydrogen (secondary N) is 2. The summed E-state index contributed by atoms with van der Waals surface area (Å²) in [5.74, 6) is 0.466. The van der Waals surface area contributed by atoms with E-state index in [-0.39, 0.29) is 11.0 Å². The molecule has 0 spiro atoms. The van der Waals surface area contributed by atoms with Crippen LogP contribution in [0.15, 0.2) is 4.79 Å². The second kappa shape index (κ2) is 3.04. The van der Waals surface area contributed by atoms with Gasteiger partial charge in [-0.25, -0.2) is 10.1 Å². The summed E-state index contributed by atoms with van der Waals surface area (Å²) in [7, 11) is 0. The topological polar surface area (TPSA) is 71.8 Å². The Hall–Kier alpha value is -1.43. The van der Waals surface area contributed by atoms with Crippen LogP contribution in [0.4, 0.5) is 5.95 Å². The van der Waals surface area contributed by atoms with Gasteiger partial charge in [0.1, 0.15) is 11.4 Å². The molecule has 1 aromatic rings. The first kappa shape index (κ1) is 11.1. The lowest BCUT2D eigenvalue weighted by atomic mass is 9.82. The Balaban J connectivity index is 2.64. The van der Waals surface area contributed by atoms with Crippen molar-refractivity contribution in [1.82, 2.24) is 20.2 Å². The number of hydrogen-bond donors (Lipinski definition) is 2. The average Bonchev–Trinajstić information content (AvgIpc) is 2.46. The van der Waals surface area contributed by atoms with Crippen molar-refractivity contribution in [2.45, 2.75) is 40.3 Å². The number of fused-ring (bicyclic) bond motifs is 1. The van der Waals surface area contributed by atoms with Crippen molar-refractivity contribution < 1.29 is 0 Å². The summed E-state index contributed by atoms with van der Waals surface area (Å²) in [6, 6.07) is 0. The van der Waals surface area contributed by atoms with Gasteiger partial charge in [0, 0.05) is 5.41 Å². The van der Waals surface area contributed by atoms with Crippen LogP contribution in [-0.4, -0.2) is 14.8 Å². The minimum absolute atomic E-state index is 0.0680. The van der Waals surface area contributed by atoms with Gasteiger partial charge in [0.05, 0.1) is 0 Å². The molecule has 1 atom stereocenters. The molecule has 1 aromatic heterocycles. The van der Waals surface area contributed by atoms with E-state index >= 15 is 0 Å². The highest BCUT2D eigenvalue weighted by atomic mass is 16.1. The van der Waals surface area contributed by atoms with Crippen molar-refractivity contribution in [2.24, 2.45) is 5.41 Å². The molecular weight excluding hydrogens is 206 g/mol. The molecule has 88 valence electrons. The van der Waals surface area contributed by atoms with Crippen molar-refractivity contribution in [3.63, 3.8) is 0 Å². The van der Waals surface area contributed by atoms with Crippen LogP contribution in [0.1, 0.15) is 33.4 Å². The van der Waals surface area contributed by atoms with E-state index in [4.69, 9.17) is 0 Å². The smallest absolute Gasteiger partial charge is 0.288 e. The average molecular weight is 223 g/mol. The standard InChI is InChI=1S/C10H17N5O/c1-6-7(16)11-8-12-14-10(5,9(2,3)4)15(8)13-6/h14H,1-5H3,(H,11,12,16)/t10-/m1/s1. The van der Waals surface area contributed by atoms with Crippen LogP contribution in [-0.2, 0) is 5.66 Å². The molecule has 6 nitrogen and oxygen atoms in total. The van der Waals surface area contributed by atoms with E-state index < -0.39 is 5.66 Å². The third kappa shape index (κ3) is 1.33. The summed E-state index contributed by atoms with van der Waals surface area (Å²) >= 11 is 0. The molecular formula is C10H17N5O. The molecule has 0 bridgehead atoms. The van der Waals surface area contributed by atoms with E-state index in [2.05, 4.69) is 41.7 Å². The van der Waals surface area contributed by atoms with Gasteiger partial charge >= 0.3 is 0 Å². The van der Waals surface area contributed by atoms with E-state index in [1.807, 2.05) is 6.92 Å². The molecule has 6 heteroatoms. The van der Waals surface area contributed by atoms with E-state index in [9.17, 15) is 4.79 Å². The molecule has 0 fully saturated rings. The summed E-state index contributed by atoms with van der Waals surface area (Å²) in [6.45, 7) is 10.0. The molecule has 0 unspecified atom stereocenters. The number of aromatic nitrogens is 3. The van der Waals surface area contributed by atoms with Gasteiger partial charge in [-0.05, 0) is 13.8 Å². The molecule has 1 aliphatic rings. The summed E-state index contributed by atoms with van der Waals surface area (Å²) in [5, 5.41) is 4.29. The van der Waals surface area contributed by atoms with Crippen molar-refractivity contribution in [2.75, 3.05) is 5.43 Å². The summed E-state index contributed by atoms with van der Waals surface area (Å²) in [5.41, 5.74) is 5.68. The van der Waals surface area contributed by atoms with Gasteiger partial charge in [0.25, 0.3) is 5.56 Å². The summed E-state index contributed by atoms with van der Waals surface area (Å²) < 4.78 is 1.74. The van der Waals surface area contributed by atoms with Gasteiger partial charge in [-0.3, -0.25) is 10.2 Å². The molecule has 2 N–H and O–H groups in total. The van der Waals surface area contributed by atoms with Crippen LogP contribution in [0, 0.1) is 12.3 Å². The predicted octanol–water partition coefficient (Wildman–Crippen LogP) is 0.596. The van der Waals surface area contributed by atoms with Gasteiger partial charge in [-0.1, -0.05) is 20.8 Å². The minimum atomic E-state index is -0.409. The Labute approximate surface area is 94.0 Å². The first-order chi connectivity index (χ1) is 7.25. The molecule has 0 radical (unpaired) electrons. The van der Waals surface area contributed by atoms with Crippen LogP contribution in [0.5, 0.6) is 0 Å². The molecule has 0 saturated carbocycles. The van der Waals surface area contributed by atoms with Crippen LogP contribution in [0.25, 0.3) is 0 Å². The van der Waals surface area contributed by atoms with Crippen molar-refractivity contribution >= 4 is 5.95 Å². The highest BCUT2D eigenvalue weighted by Crippen LogP contribution is 2.37. The van der Waals surface area contributed by atoms with Crippen molar-refractivity contribution in [3.05, 3.63) is 16.0 Å². The lowest BCUT2D eigenvalue weighted by Crippen LogP contribution is -2.51. The normalized spacial score (nSPS) is 24.1. The quantitative estimate of drug-likeness (QED) is 0.673. The number of nitrogens with zero attached hydrogens (tertiary/aromatic N) is 3. The minimum Gasteiger partial charge on any atom is -0.288 e. The fourth-order valence-corrected chi connectivity index (χ4v) is 1.59. The lowest BCUT2D eigenvalue weighted by Gasteiger charge is -2.38. The first-order valence-corrected chi connectivity index (χ1v) is 5.27. The van der Waals surface area contributed by atoms with E-state index in [0.29, 0.717) is 11.6 Å². The highest BCUT2D eigenvalue weighted by Gasteiger charge is 2.45. The maximum absolute atomic E-state index is 11.4. The van der Waals surface area contributed by atoms with Gasteiger partial charge in [0.2, 0.25) is 5.95 Å². The Morgan fingerprint density at radius 2 is 2.00 bits per heavy atom. The molecule has 1 aliphatic heterocycles. The molecule has 0 aliphatic carbocycles. The highest BCUT2D eigenvalue weighted by molar-refractivity contribution is 5.29. The maximum atomic E-state index is 11.4. The maximum Gasteiger partial charge on any atom is 0.296 e. The van der Waals surface area contributed by atoms with Crippen LogP contribution < -0.4 is 16.4 Å². The zero-order valence-corrected chi connectivity index (χ0v) is 10.2. The summed E-state index contributed by atoms with van der Waals surface area (Å²) in [4.78, 5) is 15.3. The second-order valence-electron chi connectivity index (χ2n) is 5.31. The van der Waals surface area contributed by atoms with Gasteiger partial charge in [0.15, 0.2) is 0 Å². The van der Waals surface area contributed by atoms with E-state index in [1.165, 1.54) is 0 Å². The van der Waals surface area contributed by atoms with Gasteiger partial charge in [-0.2, -0.15) is 10.1 Å². The first-order valence-electron chi connectivity index (χ1n) is 5.27. The number of hydrazine groups is 1.